The Bertz CT molecular complexity index is 1090. The molecule has 0 saturated heterocycles. The Morgan fingerprint density at radius 3 is 2.78 bits per heavy atom. The number of carbonyl (C=O) groups is 1. The molecule has 0 spiro atoms. The lowest BCUT2D eigenvalue weighted by Crippen LogP contribution is -2.18. The van der Waals surface area contributed by atoms with Crippen LogP contribution in [0.5, 0.6) is 0 Å². The Balaban J connectivity index is 1.70. The number of furan rings is 1. The molecule has 6 nitrogen and oxygen atoms in total. The maximum atomic E-state index is 13.0. The number of halogens is 1. The molecule has 0 aliphatic rings. The standard InChI is InChI=1S/C19H15ClN4O2S/c20-17-8-7-12(27-17)11-22-18-10-15(16-6-3-9-26-16)23-24(18)19(25)13-4-1-2-5-14(13)21/h1-10,22H,11,21H2. The van der Waals surface area contributed by atoms with Crippen LogP contribution in [0, 0.1) is 0 Å². The average Bonchev–Trinajstić information content (AvgIpc) is 3.40. The number of nitrogens with one attached hydrogen (secondary N) is 1. The number of thiophene rings is 1. The van der Waals surface area contributed by atoms with Crippen molar-refractivity contribution in [3.05, 3.63) is 75.6 Å². The van der Waals surface area contributed by atoms with E-state index in [-0.39, 0.29) is 5.91 Å². The normalized spacial score (nSPS) is 10.9. The van der Waals surface area contributed by atoms with Gasteiger partial charge < -0.3 is 15.5 Å². The van der Waals surface area contributed by atoms with Crippen molar-refractivity contribution in [2.75, 3.05) is 11.1 Å². The Kier molecular flexibility index (Phi) is 4.70. The van der Waals surface area contributed by atoms with Crippen molar-refractivity contribution in [1.82, 2.24) is 9.78 Å². The molecular weight excluding hydrogens is 384 g/mol. The molecule has 0 fully saturated rings. The zero-order valence-electron chi connectivity index (χ0n) is 14.1. The molecule has 1 aromatic carbocycles. The van der Waals surface area contributed by atoms with Crippen LogP contribution in [-0.4, -0.2) is 15.7 Å². The first-order valence-corrected chi connectivity index (χ1v) is 9.32. The third-order valence-corrected chi connectivity index (χ3v) is 5.17. The van der Waals surface area contributed by atoms with Gasteiger partial charge >= 0.3 is 0 Å². The van der Waals surface area contributed by atoms with Gasteiger partial charge in [0.2, 0.25) is 0 Å². The van der Waals surface area contributed by atoms with Crippen molar-refractivity contribution in [2.45, 2.75) is 6.54 Å². The van der Waals surface area contributed by atoms with Gasteiger partial charge in [-0.2, -0.15) is 9.78 Å². The van der Waals surface area contributed by atoms with Crippen molar-refractivity contribution in [2.24, 2.45) is 0 Å². The highest BCUT2D eigenvalue weighted by Gasteiger charge is 2.19. The molecule has 0 saturated carbocycles. The van der Waals surface area contributed by atoms with E-state index in [9.17, 15) is 4.79 Å². The number of hydrogen-bond acceptors (Lipinski definition) is 6. The van der Waals surface area contributed by atoms with Gasteiger partial charge in [0.05, 0.1) is 22.7 Å². The predicted octanol–water partition coefficient (Wildman–Crippen LogP) is 4.74. The summed E-state index contributed by atoms with van der Waals surface area (Å²) in [5.74, 6) is 0.793. The highest BCUT2D eigenvalue weighted by atomic mass is 35.5. The summed E-state index contributed by atoms with van der Waals surface area (Å²) < 4.78 is 7.43. The molecule has 8 heteroatoms. The van der Waals surface area contributed by atoms with Crippen molar-refractivity contribution in [3.63, 3.8) is 0 Å². The van der Waals surface area contributed by atoms with E-state index in [0.29, 0.717) is 39.4 Å². The molecule has 3 aromatic heterocycles. The molecule has 0 radical (unpaired) electrons. The molecule has 0 aliphatic carbocycles. The second-order valence-electron chi connectivity index (χ2n) is 5.76. The fourth-order valence-electron chi connectivity index (χ4n) is 2.64. The number of nitrogens with zero attached hydrogens (tertiary/aromatic N) is 2. The molecule has 4 rings (SSSR count). The number of nitrogen functional groups attached to an aromatic ring is 1. The van der Waals surface area contributed by atoms with Gasteiger partial charge in [0.25, 0.3) is 5.91 Å². The number of benzene rings is 1. The smallest absolute Gasteiger partial charge is 0.282 e. The maximum absolute atomic E-state index is 13.0. The van der Waals surface area contributed by atoms with Gasteiger partial charge in [-0.05, 0) is 36.4 Å². The number of anilines is 2. The second kappa shape index (κ2) is 7.30. The topological polar surface area (TPSA) is 86.1 Å². The molecule has 136 valence electrons. The number of rotatable bonds is 5. The van der Waals surface area contributed by atoms with E-state index in [0.717, 1.165) is 4.88 Å². The third kappa shape index (κ3) is 3.60. The molecule has 27 heavy (non-hydrogen) atoms. The van der Waals surface area contributed by atoms with Crippen LogP contribution in [0.15, 0.2) is 65.3 Å². The summed E-state index contributed by atoms with van der Waals surface area (Å²) in [4.78, 5) is 14.1. The summed E-state index contributed by atoms with van der Waals surface area (Å²) in [5, 5.41) is 7.66. The largest absolute Gasteiger partial charge is 0.463 e. The number of aromatic nitrogens is 2. The third-order valence-electron chi connectivity index (χ3n) is 3.94. The summed E-state index contributed by atoms with van der Waals surface area (Å²) in [5.41, 5.74) is 7.29. The fourth-order valence-corrected chi connectivity index (χ4v) is 3.66. The van der Waals surface area contributed by atoms with E-state index in [1.807, 2.05) is 12.1 Å². The van der Waals surface area contributed by atoms with Crippen LogP contribution in [-0.2, 0) is 6.54 Å². The second-order valence-corrected chi connectivity index (χ2v) is 7.56. The molecule has 3 heterocycles. The van der Waals surface area contributed by atoms with Gasteiger partial charge in [-0.3, -0.25) is 4.79 Å². The number of carbonyl (C=O) groups excluding carboxylic acids is 1. The minimum absolute atomic E-state index is 0.322. The summed E-state index contributed by atoms with van der Waals surface area (Å²) in [7, 11) is 0. The summed E-state index contributed by atoms with van der Waals surface area (Å²) >= 11 is 7.46. The minimum Gasteiger partial charge on any atom is -0.463 e. The van der Waals surface area contributed by atoms with Crippen LogP contribution >= 0.6 is 22.9 Å². The van der Waals surface area contributed by atoms with E-state index >= 15 is 0 Å². The van der Waals surface area contributed by atoms with Crippen molar-refractivity contribution >= 4 is 40.4 Å². The molecule has 0 atom stereocenters. The van der Waals surface area contributed by atoms with Crippen molar-refractivity contribution < 1.29 is 9.21 Å². The van der Waals surface area contributed by atoms with Crippen LogP contribution in [0.3, 0.4) is 0 Å². The zero-order chi connectivity index (χ0) is 18.8. The highest BCUT2D eigenvalue weighted by molar-refractivity contribution is 7.16. The Labute approximate surface area is 164 Å². The SMILES string of the molecule is Nc1ccccc1C(=O)n1nc(-c2ccco2)cc1NCc1ccc(Cl)s1. The van der Waals surface area contributed by atoms with Crippen LogP contribution in [0.2, 0.25) is 4.34 Å². The van der Waals surface area contributed by atoms with Crippen LogP contribution in [0.4, 0.5) is 11.5 Å². The maximum Gasteiger partial charge on any atom is 0.282 e. The van der Waals surface area contributed by atoms with E-state index in [2.05, 4.69) is 10.4 Å². The monoisotopic (exact) mass is 398 g/mol. The van der Waals surface area contributed by atoms with Gasteiger partial charge in [0.15, 0.2) is 5.76 Å². The molecular formula is C19H15ClN4O2S. The van der Waals surface area contributed by atoms with E-state index in [4.69, 9.17) is 21.8 Å². The first-order chi connectivity index (χ1) is 13.1. The number of para-hydroxylation sites is 1. The quantitative estimate of drug-likeness (QED) is 0.474. The Morgan fingerprint density at radius 1 is 1.22 bits per heavy atom. The van der Waals surface area contributed by atoms with Gasteiger partial charge in [0.1, 0.15) is 11.5 Å². The van der Waals surface area contributed by atoms with Crippen LogP contribution in [0.25, 0.3) is 11.5 Å². The van der Waals surface area contributed by atoms with Gasteiger partial charge in [-0.1, -0.05) is 23.7 Å². The minimum atomic E-state index is -0.322. The predicted molar refractivity (Wildman–Crippen MR) is 107 cm³/mol. The van der Waals surface area contributed by atoms with Gasteiger partial charge in [0, 0.05) is 16.6 Å². The number of nitrogens with two attached hydrogens (primary N) is 1. The lowest BCUT2D eigenvalue weighted by molar-refractivity contribution is 0.0948. The molecule has 0 amide bonds. The lowest BCUT2D eigenvalue weighted by atomic mass is 10.2. The van der Waals surface area contributed by atoms with Gasteiger partial charge in [-0.15, -0.1) is 11.3 Å². The zero-order valence-corrected chi connectivity index (χ0v) is 15.6. The van der Waals surface area contributed by atoms with Crippen molar-refractivity contribution in [1.29, 1.82) is 0 Å². The van der Waals surface area contributed by atoms with Crippen LogP contribution < -0.4 is 11.1 Å². The fraction of sp³-hybridized carbons (Fsp3) is 0.0526. The first kappa shape index (κ1) is 17.4. The molecule has 3 N–H and O–H groups in total. The Morgan fingerprint density at radius 2 is 2.07 bits per heavy atom. The summed E-state index contributed by atoms with van der Waals surface area (Å²) in [6.07, 6.45) is 1.56. The molecule has 0 unspecified atom stereocenters. The average molecular weight is 399 g/mol. The van der Waals surface area contributed by atoms with E-state index in [1.54, 1.807) is 48.7 Å². The van der Waals surface area contributed by atoms with E-state index in [1.165, 1.54) is 16.0 Å². The first-order valence-electron chi connectivity index (χ1n) is 8.13. The highest BCUT2D eigenvalue weighted by Crippen LogP contribution is 2.26. The lowest BCUT2D eigenvalue weighted by Gasteiger charge is -2.09. The molecule has 0 aliphatic heterocycles. The molecule has 0 bridgehead atoms. The number of hydrogen-bond donors (Lipinski definition) is 2. The van der Waals surface area contributed by atoms with Gasteiger partial charge in [-0.25, -0.2) is 0 Å². The summed E-state index contributed by atoms with van der Waals surface area (Å²) in [6.45, 7) is 0.512. The molecule has 4 aromatic rings. The Hall–Kier alpha value is -3.03. The van der Waals surface area contributed by atoms with Crippen LogP contribution in [0.1, 0.15) is 15.2 Å². The summed E-state index contributed by atoms with van der Waals surface area (Å²) in [6, 6.07) is 16.0. The van der Waals surface area contributed by atoms with Crippen molar-refractivity contribution in [3.8, 4) is 11.5 Å². The van der Waals surface area contributed by atoms with E-state index < -0.39 is 0 Å².